The van der Waals surface area contributed by atoms with Gasteiger partial charge in [0, 0.05) is 35.8 Å². The number of likely N-dealkylation sites (tertiary alicyclic amines) is 1. The van der Waals surface area contributed by atoms with Crippen molar-refractivity contribution in [2.24, 2.45) is 69.0 Å². The summed E-state index contributed by atoms with van der Waals surface area (Å²) in [4.78, 5) is 56.9. The van der Waals surface area contributed by atoms with Gasteiger partial charge in [-0.1, -0.05) is 33.8 Å². The van der Waals surface area contributed by atoms with Crippen molar-refractivity contribution in [1.29, 1.82) is 0 Å². The van der Waals surface area contributed by atoms with Crippen molar-refractivity contribution < 1.29 is 45.5 Å². The fraction of sp³-hybridized carbons (Fsp3) is 0.739. The van der Waals surface area contributed by atoms with Crippen molar-refractivity contribution >= 4 is 29.3 Å². The minimum absolute atomic E-state index is 0.0105. The predicted molar refractivity (Wildman–Crippen MR) is 207 cm³/mol. The van der Waals surface area contributed by atoms with E-state index in [1.165, 1.54) is 0 Å². The summed E-state index contributed by atoms with van der Waals surface area (Å²) in [6, 6.07) is 1.04. The maximum Gasteiger partial charge on any atom is 0.418 e. The molecule has 0 aromatic heterocycles. The highest BCUT2D eigenvalue weighted by atomic mass is 19.4. The first-order chi connectivity index (χ1) is 27.6. The van der Waals surface area contributed by atoms with Crippen LogP contribution in [-0.4, -0.2) is 40.6 Å². The maximum atomic E-state index is 15.0. The molecule has 7 fully saturated rings. The lowest BCUT2D eigenvalue weighted by atomic mass is 9.46. The number of benzene rings is 1. The van der Waals surface area contributed by atoms with Crippen molar-refractivity contribution in [2.45, 2.75) is 142 Å². The molecule has 8 aliphatic rings. The number of rotatable bonds is 3. The quantitative estimate of drug-likeness (QED) is 0.234. The Morgan fingerprint density at radius 3 is 2.00 bits per heavy atom. The van der Waals surface area contributed by atoms with E-state index in [1.54, 1.807) is 11.0 Å². The molecule has 0 spiro atoms. The van der Waals surface area contributed by atoms with Gasteiger partial charge in [0.2, 0.25) is 23.6 Å². The van der Waals surface area contributed by atoms with E-state index in [0.717, 1.165) is 51.4 Å². The van der Waals surface area contributed by atoms with Crippen LogP contribution < -0.4 is 10.6 Å². The number of nitrogens with zero attached hydrogens (tertiary/aromatic N) is 1. The molecule has 9 rings (SSSR count). The topological polar surface area (TPSA) is 95.6 Å². The molecule has 1 aromatic carbocycles. The van der Waals surface area contributed by atoms with Crippen LogP contribution in [0.2, 0.25) is 0 Å². The van der Waals surface area contributed by atoms with E-state index in [2.05, 4.69) is 37.5 Å². The van der Waals surface area contributed by atoms with Crippen LogP contribution in [-0.2, 0) is 31.5 Å². The van der Waals surface area contributed by atoms with E-state index < -0.39 is 46.4 Å². The van der Waals surface area contributed by atoms with Gasteiger partial charge in [-0.2, -0.15) is 26.3 Å². The molecule has 7 nitrogen and oxygen atoms in total. The summed E-state index contributed by atoms with van der Waals surface area (Å²) >= 11 is 0. The highest BCUT2D eigenvalue weighted by Crippen LogP contribution is 2.68. The number of fused-ring (bicyclic) bond motifs is 10. The van der Waals surface area contributed by atoms with E-state index in [0.29, 0.717) is 74.5 Å². The summed E-state index contributed by atoms with van der Waals surface area (Å²) in [7, 11) is 0. The van der Waals surface area contributed by atoms with Crippen molar-refractivity contribution in [3.05, 3.63) is 41.5 Å². The van der Waals surface area contributed by atoms with Crippen molar-refractivity contribution in [2.75, 3.05) is 5.32 Å². The second-order valence-electron chi connectivity index (χ2n) is 20.9. The first-order valence-electron chi connectivity index (χ1n) is 22.1. The molecule has 2 aliphatic heterocycles. The summed E-state index contributed by atoms with van der Waals surface area (Å²) < 4.78 is 82.4. The number of hydrogen-bond acceptors (Lipinski definition) is 4. The summed E-state index contributed by atoms with van der Waals surface area (Å²) in [6.45, 7) is 8.86. The first kappa shape index (κ1) is 41.0. The smallest absolute Gasteiger partial charge is 0.349 e. The summed E-state index contributed by atoms with van der Waals surface area (Å²) in [5, 5.41) is 5.52. The Bertz CT molecular complexity index is 1980. The Hall–Kier alpha value is -3.38. The van der Waals surface area contributed by atoms with Crippen LogP contribution in [0.4, 0.5) is 32.0 Å². The molecule has 6 aliphatic carbocycles. The van der Waals surface area contributed by atoms with Gasteiger partial charge in [-0.3, -0.25) is 24.1 Å². The van der Waals surface area contributed by atoms with Crippen LogP contribution in [0.15, 0.2) is 30.4 Å². The van der Waals surface area contributed by atoms with Gasteiger partial charge in [0.25, 0.3) is 0 Å². The molecule has 14 atom stereocenters. The molecule has 0 bridgehead atoms. The van der Waals surface area contributed by atoms with Crippen LogP contribution in [0.3, 0.4) is 0 Å². The molecule has 4 amide bonds. The van der Waals surface area contributed by atoms with E-state index in [-0.39, 0.29) is 69.7 Å². The molecule has 2 heterocycles. The Morgan fingerprint density at radius 2 is 1.32 bits per heavy atom. The van der Waals surface area contributed by atoms with Crippen molar-refractivity contribution in [3.63, 3.8) is 0 Å². The van der Waals surface area contributed by atoms with Gasteiger partial charge < -0.3 is 10.6 Å². The Balaban J connectivity index is 0.921. The molecular weight excluding hydrogens is 773 g/mol. The summed E-state index contributed by atoms with van der Waals surface area (Å²) in [6.07, 6.45) is 4.41. The molecular formula is C46H57F6N3O4. The number of imide groups is 1. The molecule has 13 heteroatoms. The molecule has 1 saturated heterocycles. The van der Waals surface area contributed by atoms with Gasteiger partial charge in [-0.05, 0) is 159 Å². The van der Waals surface area contributed by atoms with Gasteiger partial charge in [0.05, 0.1) is 16.8 Å². The standard InChI is InChI=1S/C46H57F6N3O4/c1-41-19-16-30-26(27(41)9-11-32(41)39(58)53-34-23-24(45(47,48)49)5-8-31(34)46(50,51)52)7-14-36-44(30,4)22-18-38(57)55(36)40(59)33-12-10-28-25-6-13-35-43(3,21-17-37(56)54-35)29(25)15-20-42(28,33)2/h5,8,17,21,23,25-30,32-33,35-36H,6-7,9-16,18-20,22H2,1-4H3,(H,53,58)(H,54,56)/t25-,26-,27?,28?,29?,30?,32+,33+,35+,36+,41-,42-,43+,44+/m0/s1. The first-order valence-corrected chi connectivity index (χ1v) is 22.1. The van der Waals surface area contributed by atoms with Gasteiger partial charge in [0.15, 0.2) is 0 Å². The molecule has 6 saturated carbocycles. The highest BCUT2D eigenvalue weighted by molar-refractivity contribution is 5.98. The van der Waals surface area contributed by atoms with Crippen LogP contribution >= 0.6 is 0 Å². The molecule has 59 heavy (non-hydrogen) atoms. The van der Waals surface area contributed by atoms with E-state index in [4.69, 9.17) is 0 Å². The lowest BCUT2D eigenvalue weighted by Crippen LogP contribution is -2.65. The number of alkyl halides is 6. The van der Waals surface area contributed by atoms with E-state index in [9.17, 15) is 40.7 Å². The van der Waals surface area contributed by atoms with Gasteiger partial charge in [-0.15, -0.1) is 0 Å². The predicted octanol–water partition coefficient (Wildman–Crippen LogP) is 9.95. The lowest BCUT2D eigenvalue weighted by molar-refractivity contribution is -0.177. The number of anilines is 1. The minimum atomic E-state index is -4.96. The summed E-state index contributed by atoms with van der Waals surface area (Å²) in [5.41, 5.74) is -4.66. The number of carbonyl (C=O) groups is 4. The summed E-state index contributed by atoms with van der Waals surface area (Å²) in [5.74, 6) is 0.0102. The molecule has 4 unspecified atom stereocenters. The van der Waals surface area contributed by atoms with Gasteiger partial charge in [-0.25, -0.2) is 0 Å². The second kappa shape index (κ2) is 13.6. The Labute approximate surface area is 342 Å². The average molecular weight is 830 g/mol. The number of carbonyl (C=O) groups excluding carboxylic acids is 4. The number of hydrogen-bond donors (Lipinski definition) is 2. The largest absolute Gasteiger partial charge is 0.418 e. The van der Waals surface area contributed by atoms with Crippen LogP contribution in [0.5, 0.6) is 0 Å². The zero-order chi connectivity index (χ0) is 42.2. The fourth-order valence-electron chi connectivity index (χ4n) is 15.8. The number of nitrogens with one attached hydrogen (secondary N) is 2. The van der Waals surface area contributed by atoms with Gasteiger partial charge in [0.1, 0.15) is 0 Å². The number of piperidine rings is 1. The Kier molecular flexibility index (Phi) is 9.42. The number of halogens is 6. The SMILES string of the molecule is C[C@]12CCC3[C@@H](CC[C@H]4NC(=O)C=C[C@]34C)C1CC[C@@H]2C(=O)N1C(=O)CC[C@]2(C)C3CC[C@@]4(C)C(CC[C@@H]4C(=O)Nc4cc(C(F)(F)F)ccc4C(F)(F)F)[C@@H]3CC[C@@H]12. The molecule has 0 radical (unpaired) electrons. The maximum absolute atomic E-state index is 15.0. The lowest BCUT2D eigenvalue weighted by Gasteiger charge is -2.62. The zero-order valence-electron chi connectivity index (χ0n) is 34.4. The van der Waals surface area contributed by atoms with Crippen molar-refractivity contribution in [1.82, 2.24) is 10.2 Å². The van der Waals surface area contributed by atoms with Crippen LogP contribution in [0, 0.1) is 69.0 Å². The molecule has 1 aromatic rings. The van der Waals surface area contributed by atoms with Crippen LogP contribution in [0.25, 0.3) is 0 Å². The number of amides is 4. The second-order valence-corrected chi connectivity index (χ2v) is 20.9. The third-order valence-electron chi connectivity index (χ3n) is 18.7. The highest BCUT2D eigenvalue weighted by Gasteiger charge is 2.66. The Morgan fingerprint density at radius 1 is 0.712 bits per heavy atom. The monoisotopic (exact) mass is 829 g/mol. The molecule has 2 N–H and O–H groups in total. The molecule has 322 valence electrons. The minimum Gasteiger partial charge on any atom is -0.349 e. The van der Waals surface area contributed by atoms with Gasteiger partial charge >= 0.3 is 12.4 Å². The van der Waals surface area contributed by atoms with E-state index in [1.807, 2.05) is 6.92 Å². The van der Waals surface area contributed by atoms with Crippen LogP contribution in [0.1, 0.15) is 129 Å². The average Bonchev–Trinajstić information content (AvgIpc) is 3.71. The fourth-order valence-corrected chi connectivity index (χ4v) is 15.8. The third kappa shape index (κ3) is 6.09. The zero-order valence-corrected chi connectivity index (χ0v) is 34.4. The normalized spacial score (nSPS) is 44.0. The third-order valence-corrected chi connectivity index (χ3v) is 18.7. The van der Waals surface area contributed by atoms with Crippen molar-refractivity contribution in [3.8, 4) is 0 Å². The van der Waals surface area contributed by atoms with E-state index >= 15 is 4.79 Å².